The summed E-state index contributed by atoms with van der Waals surface area (Å²) >= 11 is 1.65. The van der Waals surface area contributed by atoms with Crippen LogP contribution in [0.5, 0.6) is 5.75 Å². The molecule has 3 heteroatoms. The van der Waals surface area contributed by atoms with Gasteiger partial charge in [0, 0.05) is 10.6 Å². The third-order valence-corrected chi connectivity index (χ3v) is 2.70. The molecule has 1 aromatic carbocycles. The minimum absolute atomic E-state index is 0.218. The van der Waals surface area contributed by atoms with Crippen molar-refractivity contribution in [2.45, 2.75) is 11.8 Å². The Balaban J connectivity index is 2.71. The quantitative estimate of drug-likeness (QED) is 0.751. The van der Waals surface area contributed by atoms with Crippen molar-refractivity contribution in [2.24, 2.45) is 0 Å². The molecule has 0 aliphatic carbocycles. The van der Waals surface area contributed by atoms with Crippen LogP contribution in [0, 0.1) is 6.92 Å². The molecule has 0 heterocycles. The second kappa shape index (κ2) is 5.14. The van der Waals surface area contributed by atoms with Gasteiger partial charge in [-0.15, -0.1) is 11.8 Å². The fraction of sp³-hybridized carbons (Fsp3) is 0.400. The molecule has 0 saturated heterocycles. The summed E-state index contributed by atoms with van der Waals surface area (Å²) < 4.78 is 5.15. The predicted octanol–water partition coefficient (Wildman–Crippen LogP) is 2.09. The van der Waals surface area contributed by atoms with Crippen LogP contribution in [0.25, 0.3) is 0 Å². The maximum absolute atomic E-state index is 8.65. The number of thioether (sulfide) groups is 1. The van der Waals surface area contributed by atoms with Crippen LogP contribution < -0.4 is 4.74 Å². The van der Waals surface area contributed by atoms with E-state index in [0.717, 1.165) is 17.1 Å². The Morgan fingerprint density at radius 2 is 2.23 bits per heavy atom. The fourth-order valence-electron chi connectivity index (χ4n) is 1.10. The van der Waals surface area contributed by atoms with Gasteiger partial charge in [0.2, 0.25) is 0 Å². The largest absolute Gasteiger partial charge is 0.496 e. The van der Waals surface area contributed by atoms with Crippen molar-refractivity contribution in [1.82, 2.24) is 0 Å². The summed E-state index contributed by atoms with van der Waals surface area (Å²) in [5.41, 5.74) is 1.13. The summed E-state index contributed by atoms with van der Waals surface area (Å²) in [7, 11) is 1.67. The van der Waals surface area contributed by atoms with E-state index in [0.29, 0.717) is 0 Å². The Morgan fingerprint density at radius 1 is 1.46 bits per heavy atom. The minimum atomic E-state index is 0.218. The summed E-state index contributed by atoms with van der Waals surface area (Å²) in [5, 5.41) is 8.65. The van der Waals surface area contributed by atoms with E-state index in [1.807, 2.05) is 19.1 Å². The molecule has 0 atom stereocenters. The van der Waals surface area contributed by atoms with Crippen LogP contribution in [0.1, 0.15) is 5.56 Å². The number of ether oxygens (including phenoxy) is 1. The van der Waals surface area contributed by atoms with Crippen LogP contribution in [-0.4, -0.2) is 24.6 Å². The lowest BCUT2D eigenvalue weighted by Crippen LogP contribution is -1.89. The van der Waals surface area contributed by atoms with Gasteiger partial charge in [0.1, 0.15) is 5.75 Å². The number of rotatable bonds is 4. The highest BCUT2D eigenvalue weighted by atomic mass is 32.2. The van der Waals surface area contributed by atoms with Gasteiger partial charge in [0.05, 0.1) is 13.7 Å². The molecule has 0 amide bonds. The lowest BCUT2D eigenvalue weighted by Gasteiger charge is -2.06. The van der Waals surface area contributed by atoms with Gasteiger partial charge in [-0.2, -0.15) is 0 Å². The number of hydrogen-bond acceptors (Lipinski definition) is 3. The molecule has 0 aliphatic rings. The third-order valence-electron chi connectivity index (χ3n) is 1.73. The average molecular weight is 198 g/mol. The van der Waals surface area contributed by atoms with Gasteiger partial charge in [-0.3, -0.25) is 0 Å². The Morgan fingerprint density at radius 3 is 2.77 bits per heavy atom. The summed E-state index contributed by atoms with van der Waals surface area (Å²) in [5.74, 6) is 1.65. The zero-order valence-electron chi connectivity index (χ0n) is 7.91. The third kappa shape index (κ3) is 2.94. The van der Waals surface area contributed by atoms with Crippen molar-refractivity contribution in [3.05, 3.63) is 23.8 Å². The fourth-order valence-corrected chi connectivity index (χ4v) is 1.86. The van der Waals surface area contributed by atoms with Crippen molar-refractivity contribution in [1.29, 1.82) is 0 Å². The second-order valence-electron chi connectivity index (χ2n) is 2.70. The smallest absolute Gasteiger partial charge is 0.121 e. The number of methoxy groups -OCH3 is 1. The topological polar surface area (TPSA) is 29.5 Å². The van der Waals surface area contributed by atoms with Crippen molar-refractivity contribution < 1.29 is 9.84 Å². The number of hydrogen-bond donors (Lipinski definition) is 1. The van der Waals surface area contributed by atoms with Crippen LogP contribution in [-0.2, 0) is 0 Å². The molecule has 0 saturated carbocycles. The van der Waals surface area contributed by atoms with E-state index in [2.05, 4.69) is 6.07 Å². The first kappa shape index (κ1) is 10.4. The van der Waals surface area contributed by atoms with Gasteiger partial charge in [-0.25, -0.2) is 0 Å². The first-order valence-corrected chi connectivity index (χ1v) is 5.15. The highest BCUT2D eigenvalue weighted by molar-refractivity contribution is 7.99. The van der Waals surface area contributed by atoms with Crippen LogP contribution in [0.4, 0.5) is 0 Å². The number of benzene rings is 1. The molecule has 0 radical (unpaired) electrons. The summed E-state index contributed by atoms with van der Waals surface area (Å²) in [6.45, 7) is 2.23. The van der Waals surface area contributed by atoms with Crippen molar-refractivity contribution >= 4 is 11.8 Å². The van der Waals surface area contributed by atoms with Gasteiger partial charge in [0.15, 0.2) is 0 Å². The molecule has 0 aliphatic heterocycles. The van der Waals surface area contributed by atoms with Gasteiger partial charge in [-0.1, -0.05) is 0 Å². The van der Waals surface area contributed by atoms with E-state index in [-0.39, 0.29) is 6.61 Å². The monoisotopic (exact) mass is 198 g/mol. The lowest BCUT2D eigenvalue weighted by molar-refractivity contribution is 0.322. The van der Waals surface area contributed by atoms with E-state index in [9.17, 15) is 0 Å². The molecule has 1 N–H and O–H groups in total. The average Bonchev–Trinajstić information content (AvgIpc) is 2.15. The summed E-state index contributed by atoms with van der Waals surface area (Å²) in [4.78, 5) is 1.17. The molecule has 13 heavy (non-hydrogen) atoms. The van der Waals surface area contributed by atoms with Crippen molar-refractivity contribution in [2.75, 3.05) is 19.5 Å². The standard InChI is InChI=1S/C10H14O2S/c1-8-7-9(13-6-5-11)3-4-10(8)12-2/h3-4,7,11H,5-6H2,1-2H3. The summed E-state index contributed by atoms with van der Waals surface area (Å²) in [6.07, 6.45) is 0. The van der Waals surface area contributed by atoms with Gasteiger partial charge < -0.3 is 9.84 Å². The Kier molecular flexibility index (Phi) is 4.12. The van der Waals surface area contributed by atoms with Gasteiger partial charge in [0.25, 0.3) is 0 Å². The molecule has 0 unspecified atom stereocenters. The van der Waals surface area contributed by atoms with E-state index in [1.165, 1.54) is 4.90 Å². The van der Waals surface area contributed by atoms with Gasteiger partial charge in [-0.05, 0) is 30.7 Å². The number of aliphatic hydroxyl groups excluding tert-OH is 1. The van der Waals surface area contributed by atoms with Crippen LogP contribution >= 0.6 is 11.8 Å². The van der Waals surface area contributed by atoms with Gasteiger partial charge >= 0.3 is 0 Å². The predicted molar refractivity (Wildman–Crippen MR) is 55.5 cm³/mol. The number of aliphatic hydroxyl groups is 1. The maximum Gasteiger partial charge on any atom is 0.121 e. The SMILES string of the molecule is COc1ccc(SCCO)cc1C. The summed E-state index contributed by atoms with van der Waals surface area (Å²) in [6, 6.07) is 6.03. The Labute approximate surface area is 82.9 Å². The Hall–Kier alpha value is -0.670. The van der Waals surface area contributed by atoms with E-state index < -0.39 is 0 Å². The minimum Gasteiger partial charge on any atom is -0.496 e. The molecule has 0 fully saturated rings. The molecule has 0 spiro atoms. The van der Waals surface area contributed by atoms with E-state index in [1.54, 1.807) is 18.9 Å². The van der Waals surface area contributed by atoms with Crippen LogP contribution in [0.2, 0.25) is 0 Å². The zero-order chi connectivity index (χ0) is 9.68. The van der Waals surface area contributed by atoms with Crippen molar-refractivity contribution in [3.63, 3.8) is 0 Å². The lowest BCUT2D eigenvalue weighted by atomic mass is 10.2. The van der Waals surface area contributed by atoms with Crippen LogP contribution in [0.15, 0.2) is 23.1 Å². The Bertz CT molecular complexity index is 274. The van der Waals surface area contributed by atoms with Crippen molar-refractivity contribution in [3.8, 4) is 5.75 Å². The molecule has 1 aromatic rings. The zero-order valence-corrected chi connectivity index (χ0v) is 8.73. The normalized spacial score (nSPS) is 10.1. The number of aryl methyl sites for hydroxylation is 1. The molecule has 2 nitrogen and oxygen atoms in total. The van der Waals surface area contributed by atoms with E-state index >= 15 is 0 Å². The molecule has 1 rings (SSSR count). The van der Waals surface area contributed by atoms with E-state index in [4.69, 9.17) is 9.84 Å². The first-order chi connectivity index (χ1) is 6.27. The highest BCUT2D eigenvalue weighted by Gasteiger charge is 1.99. The molecular formula is C10H14O2S. The second-order valence-corrected chi connectivity index (χ2v) is 3.87. The molecule has 0 bridgehead atoms. The van der Waals surface area contributed by atoms with Crippen LogP contribution in [0.3, 0.4) is 0 Å². The highest BCUT2D eigenvalue weighted by Crippen LogP contribution is 2.24. The first-order valence-electron chi connectivity index (χ1n) is 4.16. The molecule has 0 aromatic heterocycles. The molecular weight excluding hydrogens is 184 g/mol. The maximum atomic E-state index is 8.65. The molecule has 72 valence electrons.